The summed E-state index contributed by atoms with van der Waals surface area (Å²) < 4.78 is 17.8. The lowest BCUT2D eigenvalue weighted by molar-refractivity contribution is -0.142. The van der Waals surface area contributed by atoms with Gasteiger partial charge in [0.1, 0.15) is 18.1 Å². The Morgan fingerprint density at radius 1 is 0.307 bits per heavy atom. The zero-order valence-electron chi connectivity index (χ0n) is 67.4. The summed E-state index contributed by atoms with van der Waals surface area (Å²) in [6.07, 6.45) is 32.4. The van der Waals surface area contributed by atoms with E-state index in [-0.39, 0.29) is 91.1 Å². The normalized spacial score (nSPS) is 13.1. The van der Waals surface area contributed by atoms with Crippen molar-refractivity contribution in [3.63, 3.8) is 0 Å². The van der Waals surface area contributed by atoms with E-state index >= 15 is 0 Å². The van der Waals surface area contributed by atoms with Crippen molar-refractivity contribution in [2.45, 2.75) is 333 Å². The Hall–Kier alpha value is -1.24. The van der Waals surface area contributed by atoms with E-state index in [4.69, 9.17) is 14.2 Å². The van der Waals surface area contributed by atoms with Gasteiger partial charge in [-0.15, -0.1) is 0 Å². The van der Waals surface area contributed by atoms with Crippen LogP contribution >= 0.6 is 64.8 Å². The fourth-order valence-corrected chi connectivity index (χ4v) is 18.6. The highest BCUT2D eigenvalue weighted by Crippen LogP contribution is 2.29. The van der Waals surface area contributed by atoms with E-state index in [2.05, 4.69) is 48.5 Å². The van der Waals surface area contributed by atoms with Crippen molar-refractivity contribution in [2.75, 3.05) is 113 Å². The van der Waals surface area contributed by atoms with E-state index in [0.717, 1.165) is 23.2 Å². The molecular formula is C79H155N7O9S6. The summed E-state index contributed by atoms with van der Waals surface area (Å²) in [6, 6.07) is -2.11. The Bertz CT molecular complexity index is 1930. The standard InChI is InChI=1S/C79H155N7O9S6/c1-17-20-23-26-28-30-32-35-58-96-99-61-43-71(87)84(49-38-55-93-67(10)11)74(64(4)5)77(90)80-46-52-83(53-47-81-78(91)75(65(6)7)85(50-39-56-94-68(12)13)72(88)44-62-100-97-59-36-33-31-29-27-24-21-18-2)54-48-82-79(92)76(66(8)9)86(51-40-57-95-69(14)15)73(89)45-63-101-98-60-37-42-70(16)41-34-25-22-19-3/h64-70,74-76H,17-63H2,1-16H3,(H,80,90)(H,81,91)(H,82,92). The Morgan fingerprint density at radius 3 is 0.851 bits per heavy atom. The Morgan fingerprint density at radius 2 is 0.564 bits per heavy atom. The monoisotopic (exact) mass is 1540 g/mol. The van der Waals surface area contributed by atoms with Crippen LogP contribution < -0.4 is 16.0 Å². The summed E-state index contributed by atoms with van der Waals surface area (Å²) in [5.74, 6) is 4.61. The highest BCUT2D eigenvalue weighted by Gasteiger charge is 2.35. The molecule has 0 aliphatic carbocycles. The van der Waals surface area contributed by atoms with Crippen LogP contribution in [0.5, 0.6) is 0 Å². The molecule has 4 atom stereocenters. The Kier molecular flexibility index (Phi) is 67.2. The zero-order chi connectivity index (χ0) is 75.3. The van der Waals surface area contributed by atoms with Crippen molar-refractivity contribution in [1.82, 2.24) is 35.6 Å². The summed E-state index contributed by atoms with van der Waals surface area (Å²) in [5.41, 5.74) is 0. The van der Waals surface area contributed by atoms with Crippen molar-refractivity contribution < 1.29 is 43.0 Å². The lowest BCUT2D eigenvalue weighted by Crippen LogP contribution is -2.55. The van der Waals surface area contributed by atoms with Crippen LogP contribution in [-0.4, -0.2) is 205 Å². The molecule has 0 saturated heterocycles. The first-order valence-corrected chi connectivity index (χ1v) is 48.0. The second-order valence-electron chi connectivity index (χ2n) is 29.6. The van der Waals surface area contributed by atoms with Crippen molar-refractivity contribution in [3.8, 4) is 0 Å². The van der Waals surface area contributed by atoms with E-state index < -0.39 is 18.1 Å². The van der Waals surface area contributed by atoms with Gasteiger partial charge in [0, 0.05) is 133 Å². The van der Waals surface area contributed by atoms with Gasteiger partial charge in [-0.3, -0.25) is 33.7 Å². The van der Waals surface area contributed by atoms with E-state index in [1.807, 2.05) is 115 Å². The molecule has 6 amide bonds. The maximum absolute atomic E-state index is 14.6. The first-order valence-electron chi connectivity index (χ1n) is 40.6. The molecule has 0 spiro atoms. The molecule has 0 heterocycles. The van der Waals surface area contributed by atoms with Gasteiger partial charge >= 0.3 is 0 Å². The molecule has 0 aliphatic heterocycles. The number of amides is 6. The zero-order valence-corrected chi connectivity index (χ0v) is 72.3. The fraction of sp³-hybridized carbons (Fsp3) is 0.924. The van der Waals surface area contributed by atoms with Crippen LogP contribution in [-0.2, 0) is 43.0 Å². The smallest absolute Gasteiger partial charge is 0.243 e. The number of hydrogen-bond acceptors (Lipinski definition) is 16. The summed E-state index contributed by atoms with van der Waals surface area (Å²) in [4.78, 5) is 94.2. The van der Waals surface area contributed by atoms with Gasteiger partial charge in [-0.1, -0.05) is 256 Å². The maximum atomic E-state index is 14.6. The van der Waals surface area contributed by atoms with Crippen LogP contribution in [0.4, 0.5) is 0 Å². The highest BCUT2D eigenvalue weighted by atomic mass is 33.1. The van der Waals surface area contributed by atoms with Gasteiger partial charge in [0.15, 0.2) is 0 Å². The minimum atomic E-state index is -0.703. The average Bonchev–Trinajstić information content (AvgIpc) is 0.885. The molecule has 16 nitrogen and oxygen atoms in total. The van der Waals surface area contributed by atoms with Gasteiger partial charge in [0.05, 0.1) is 18.3 Å². The Balaban J connectivity index is 6.71. The van der Waals surface area contributed by atoms with E-state index in [1.165, 1.54) is 148 Å². The predicted octanol–water partition coefficient (Wildman–Crippen LogP) is 18.6. The Labute approximate surface area is 644 Å². The lowest BCUT2D eigenvalue weighted by Gasteiger charge is -2.35. The quantitative estimate of drug-likeness (QED) is 0.0386. The van der Waals surface area contributed by atoms with Gasteiger partial charge < -0.3 is 44.9 Å². The number of unbranched alkanes of at least 4 members (excludes halogenated alkanes) is 17. The number of rotatable bonds is 72. The third-order valence-corrected chi connectivity index (χ3v) is 25.4. The van der Waals surface area contributed by atoms with Crippen molar-refractivity contribution >= 4 is 100 Å². The molecule has 0 rings (SSSR count). The first kappa shape index (κ1) is 99.8. The van der Waals surface area contributed by atoms with Gasteiger partial charge in [0.2, 0.25) is 35.4 Å². The molecule has 0 aromatic carbocycles. The molecule has 0 bridgehead atoms. The molecule has 0 aromatic heterocycles. The highest BCUT2D eigenvalue weighted by molar-refractivity contribution is 8.77. The molecular weight excluding hydrogens is 1380 g/mol. The molecule has 22 heteroatoms. The number of carbonyl (C=O) groups excluding carboxylic acids is 6. The van der Waals surface area contributed by atoms with Crippen LogP contribution in [0.3, 0.4) is 0 Å². The largest absolute Gasteiger partial charge is 0.379 e. The van der Waals surface area contributed by atoms with Gasteiger partial charge in [-0.05, 0) is 110 Å². The average molecular weight is 1540 g/mol. The molecule has 4 unspecified atom stereocenters. The minimum absolute atomic E-state index is 0.0383. The van der Waals surface area contributed by atoms with Crippen LogP contribution in [0, 0.1) is 23.7 Å². The SMILES string of the molecule is CCCCCCCCCCSSCCC(=O)N(CCCOC(C)C)C(C(=O)NCCN(CCNC(=O)C(C(C)C)N(CCCOC(C)C)C(=O)CCSSCCCCCCCCCC)CCNC(=O)C(C(C)C)N(CCCOC(C)C)C(=O)CCSSCCCC(C)CCCCCC)C(C)C. The van der Waals surface area contributed by atoms with Crippen LogP contribution in [0.1, 0.15) is 297 Å². The summed E-state index contributed by atoms with van der Waals surface area (Å²) >= 11 is 0. The molecule has 101 heavy (non-hydrogen) atoms. The molecule has 3 N–H and O–H groups in total. The number of carbonyl (C=O) groups is 6. The van der Waals surface area contributed by atoms with Crippen molar-refractivity contribution in [3.05, 3.63) is 0 Å². The second kappa shape index (κ2) is 68.1. The van der Waals surface area contributed by atoms with Crippen molar-refractivity contribution in [1.29, 1.82) is 0 Å². The predicted molar refractivity (Wildman–Crippen MR) is 445 cm³/mol. The van der Waals surface area contributed by atoms with E-state index in [1.54, 1.807) is 47.1 Å². The second-order valence-corrected chi connectivity index (χ2v) is 37.7. The van der Waals surface area contributed by atoms with Gasteiger partial charge in [-0.25, -0.2) is 0 Å². The summed E-state index contributed by atoms with van der Waals surface area (Å²) in [7, 11) is 10.7. The number of ether oxygens (including phenoxy) is 3. The van der Waals surface area contributed by atoms with Crippen molar-refractivity contribution in [2.24, 2.45) is 23.7 Å². The number of nitrogens with one attached hydrogen (secondary N) is 3. The summed E-state index contributed by atoms with van der Waals surface area (Å²) in [6.45, 7) is 37.6. The minimum Gasteiger partial charge on any atom is -0.379 e. The topological polar surface area (TPSA) is 179 Å². The van der Waals surface area contributed by atoms with Gasteiger partial charge in [-0.2, -0.15) is 0 Å². The number of hydrogen-bond donors (Lipinski definition) is 3. The third-order valence-electron chi connectivity index (χ3n) is 17.9. The van der Waals surface area contributed by atoms with Gasteiger partial charge in [0.25, 0.3) is 0 Å². The molecule has 0 aliphatic rings. The number of nitrogens with zero attached hydrogens (tertiary/aromatic N) is 4. The van der Waals surface area contributed by atoms with Crippen LogP contribution in [0.2, 0.25) is 0 Å². The molecule has 0 radical (unpaired) electrons. The molecule has 0 fully saturated rings. The fourth-order valence-electron chi connectivity index (χ4n) is 12.3. The molecule has 596 valence electrons. The summed E-state index contributed by atoms with van der Waals surface area (Å²) in [5, 5.41) is 9.66. The first-order chi connectivity index (χ1) is 48.5. The van der Waals surface area contributed by atoms with E-state index in [0.29, 0.717) is 115 Å². The van der Waals surface area contributed by atoms with Crippen LogP contribution in [0.25, 0.3) is 0 Å². The lowest BCUT2D eigenvalue weighted by atomic mass is 9.98. The van der Waals surface area contributed by atoms with Crippen LogP contribution in [0.15, 0.2) is 0 Å². The molecule has 0 aromatic rings. The van der Waals surface area contributed by atoms with E-state index in [9.17, 15) is 28.8 Å². The third kappa shape index (κ3) is 54.9. The maximum Gasteiger partial charge on any atom is 0.243 e. The molecule has 0 saturated carbocycles.